The maximum Gasteiger partial charge on any atom is 0.0705 e. The molecule has 0 aliphatic carbocycles. The molecule has 0 amide bonds. The van der Waals surface area contributed by atoms with Gasteiger partial charge in [0, 0.05) is 10.7 Å². The molecule has 3 N–H and O–H groups in total. The highest BCUT2D eigenvalue weighted by atomic mass is 79.9. The molecule has 1 aromatic heterocycles. The lowest BCUT2D eigenvalue weighted by Crippen LogP contribution is -2.15. The van der Waals surface area contributed by atoms with Crippen molar-refractivity contribution in [2.24, 2.45) is 5.73 Å². The van der Waals surface area contributed by atoms with Gasteiger partial charge >= 0.3 is 0 Å². The molecule has 0 saturated heterocycles. The van der Waals surface area contributed by atoms with Gasteiger partial charge in [0.15, 0.2) is 0 Å². The first kappa shape index (κ1) is 8.64. The highest BCUT2D eigenvalue weighted by molar-refractivity contribution is 9.10. The molecule has 1 atom stereocenters. The highest BCUT2D eigenvalue weighted by Gasteiger charge is 2.04. The summed E-state index contributed by atoms with van der Waals surface area (Å²) in [6.45, 7) is -0.0799. The Labute approximate surface area is 73.4 Å². The molecule has 0 aliphatic heterocycles. The van der Waals surface area contributed by atoms with E-state index >= 15 is 0 Å². The molecule has 0 radical (unpaired) electrons. The van der Waals surface area contributed by atoms with Crippen molar-refractivity contribution in [2.45, 2.75) is 6.04 Å². The van der Waals surface area contributed by atoms with Crippen molar-refractivity contribution in [1.29, 1.82) is 0 Å². The smallest absolute Gasteiger partial charge is 0.0705 e. The van der Waals surface area contributed by atoms with Crippen molar-refractivity contribution < 1.29 is 5.11 Å². The molecule has 1 heterocycles. The molecule has 0 saturated carbocycles. The van der Waals surface area contributed by atoms with E-state index in [1.807, 2.05) is 6.07 Å². The zero-order chi connectivity index (χ0) is 8.27. The summed E-state index contributed by atoms with van der Waals surface area (Å²) in [6, 6.07) is 3.22. The van der Waals surface area contributed by atoms with Gasteiger partial charge in [0.1, 0.15) is 0 Å². The van der Waals surface area contributed by atoms with Crippen molar-refractivity contribution in [2.75, 3.05) is 6.61 Å². The summed E-state index contributed by atoms with van der Waals surface area (Å²) in [5.41, 5.74) is 6.23. The minimum Gasteiger partial charge on any atom is -0.394 e. The van der Waals surface area contributed by atoms with E-state index in [0.717, 1.165) is 4.47 Å². The Morgan fingerprint density at radius 1 is 1.73 bits per heavy atom. The van der Waals surface area contributed by atoms with E-state index in [1.165, 1.54) is 0 Å². The molecule has 0 aliphatic rings. The molecule has 60 valence electrons. The third-order valence-corrected chi connectivity index (χ3v) is 1.81. The first-order valence-electron chi connectivity index (χ1n) is 3.22. The van der Waals surface area contributed by atoms with Crippen LogP contribution in [0.1, 0.15) is 11.7 Å². The van der Waals surface area contributed by atoms with Gasteiger partial charge in [-0.3, -0.25) is 4.98 Å². The van der Waals surface area contributed by atoms with Crippen LogP contribution in [0.5, 0.6) is 0 Å². The fraction of sp³-hybridized carbons (Fsp3) is 0.286. The van der Waals surface area contributed by atoms with Crippen LogP contribution in [-0.4, -0.2) is 16.7 Å². The highest BCUT2D eigenvalue weighted by Crippen LogP contribution is 2.13. The third-order valence-electron chi connectivity index (χ3n) is 1.32. The normalized spacial score (nSPS) is 13.0. The summed E-state index contributed by atoms with van der Waals surface area (Å²) in [6.07, 6.45) is 1.65. The molecule has 0 fully saturated rings. The SMILES string of the molecule is N[C@H](CO)c1cc(Br)ccn1. The first-order chi connectivity index (χ1) is 5.24. The summed E-state index contributed by atoms with van der Waals surface area (Å²) in [5.74, 6) is 0. The number of nitrogens with two attached hydrogens (primary N) is 1. The largest absolute Gasteiger partial charge is 0.394 e. The van der Waals surface area contributed by atoms with Gasteiger partial charge in [0.05, 0.1) is 18.3 Å². The van der Waals surface area contributed by atoms with E-state index in [-0.39, 0.29) is 12.6 Å². The predicted molar refractivity (Wildman–Crippen MR) is 46.0 cm³/mol. The van der Waals surface area contributed by atoms with Gasteiger partial charge in [-0.15, -0.1) is 0 Å². The number of aliphatic hydroxyl groups is 1. The van der Waals surface area contributed by atoms with Crippen LogP contribution < -0.4 is 5.73 Å². The topological polar surface area (TPSA) is 59.1 Å². The van der Waals surface area contributed by atoms with Crippen LogP contribution in [0.15, 0.2) is 22.8 Å². The second kappa shape index (κ2) is 3.80. The van der Waals surface area contributed by atoms with E-state index < -0.39 is 0 Å². The lowest BCUT2D eigenvalue weighted by Gasteiger charge is -2.06. The average Bonchev–Trinajstić information content (AvgIpc) is 2.03. The zero-order valence-corrected chi connectivity index (χ0v) is 7.45. The Balaban J connectivity index is 2.86. The molecule has 0 aromatic carbocycles. The van der Waals surface area contributed by atoms with E-state index in [1.54, 1.807) is 12.3 Å². The summed E-state index contributed by atoms with van der Waals surface area (Å²) in [5, 5.41) is 8.70. The average molecular weight is 217 g/mol. The first-order valence-corrected chi connectivity index (χ1v) is 4.01. The molecule has 1 aromatic rings. The lowest BCUT2D eigenvalue weighted by molar-refractivity contribution is 0.266. The van der Waals surface area contributed by atoms with E-state index in [9.17, 15) is 0 Å². The van der Waals surface area contributed by atoms with Gasteiger partial charge in [-0.2, -0.15) is 0 Å². The van der Waals surface area contributed by atoms with Crippen LogP contribution in [0.4, 0.5) is 0 Å². The Hall–Kier alpha value is -0.450. The summed E-state index contributed by atoms with van der Waals surface area (Å²) in [4.78, 5) is 4.00. The molecule has 11 heavy (non-hydrogen) atoms. The standard InChI is InChI=1S/C7H9BrN2O/c8-5-1-2-10-7(3-5)6(9)4-11/h1-3,6,11H,4,9H2/t6-/m1/s1. The molecular formula is C7H9BrN2O. The minimum absolute atomic E-state index is 0.0799. The molecule has 1 rings (SSSR count). The van der Waals surface area contributed by atoms with Crippen molar-refractivity contribution in [3.05, 3.63) is 28.5 Å². The van der Waals surface area contributed by atoms with Gasteiger partial charge in [0.25, 0.3) is 0 Å². The quantitative estimate of drug-likeness (QED) is 0.771. The number of rotatable bonds is 2. The van der Waals surface area contributed by atoms with Crippen LogP contribution >= 0.6 is 15.9 Å². The number of aliphatic hydroxyl groups excluding tert-OH is 1. The summed E-state index contributed by atoms with van der Waals surface area (Å²) >= 11 is 3.28. The minimum atomic E-state index is -0.382. The molecule has 3 nitrogen and oxygen atoms in total. The van der Waals surface area contributed by atoms with Crippen LogP contribution in [-0.2, 0) is 0 Å². The number of hydrogen-bond acceptors (Lipinski definition) is 3. The maximum absolute atomic E-state index is 8.70. The molecular weight excluding hydrogens is 208 g/mol. The fourth-order valence-corrected chi connectivity index (χ4v) is 1.07. The molecule has 0 bridgehead atoms. The zero-order valence-electron chi connectivity index (χ0n) is 5.87. The monoisotopic (exact) mass is 216 g/mol. The van der Waals surface area contributed by atoms with Crippen molar-refractivity contribution in [3.8, 4) is 0 Å². The summed E-state index contributed by atoms with van der Waals surface area (Å²) < 4.78 is 0.923. The van der Waals surface area contributed by atoms with Crippen LogP contribution in [0, 0.1) is 0 Å². The van der Waals surface area contributed by atoms with Crippen LogP contribution in [0.2, 0.25) is 0 Å². The fourth-order valence-electron chi connectivity index (χ4n) is 0.717. The lowest BCUT2D eigenvalue weighted by atomic mass is 10.2. The Morgan fingerprint density at radius 3 is 3.00 bits per heavy atom. The van der Waals surface area contributed by atoms with Crippen molar-refractivity contribution >= 4 is 15.9 Å². The van der Waals surface area contributed by atoms with Crippen molar-refractivity contribution in [3.63, 3.8) is 0 Å². The van der Waals surface area contributed by atoms with Gasteiger partial charge in [-0.05, 0) is 12.1 Å². The Bertz CT molecular complexity index is 242. The van der Waals surface area contributed by atoms with E-state index in [0.29, 0.717) is 5.69 Å². The number of halogens is 1. The number of aromatic nitrogens is 1. The van der Waals surface area contributed by atoms with Crippen molar-refractivity contribution in [1.82, 2.24) is 4.98 Å². The van der Waals surface area contributed by atoms with Gasteiger partial charge in [-0.25, -0.2) is 0 Å². The van der Waals surface area contributed by atoms with Gasteiger partial charge < -0.3 is 10.8 Å². The van der Waals surface area contributed by atoms with E-state index in [4.69, 9.17) is 10.8 Å². The van der Waals surface area contributed by atoms with Crippen LogP contribution in [0.25, 0.3) is 0 Å². The molecule has 0 unspecified atom stereocenters. The van der Waals surface area contributed by atoms with Crippen LogP contribution in [0.3, 0.4) is 0 Å². The van der Waals surface area contributed by atoms with E-state index in [2.05, 4.69) is 20.9 Å². The van der Waals surface area contributed by atoms with Gasteiger partial charge in [0.2, 0.25) is 0 Å². The third kappa shape index (κ3) is 2.25. The predicted octanol–water partition coefficient (Wildman–Crippen LogP) is 0.836. The van der Waals surface area contributed by atoms with Gasteiger partial charge in [-0.1, -0.05) is 15.9 Å². The number of hydrogen-bond donors (Lipinski definition) is 2. The molecule has 0 spiro atoms. The second-order valence-electron chi connectivity index (χ2n) is 2.19. The second-order valence-corrected chi connectivity index (χ2v) is 3.10. The molecule has 4 heteroatoms. The number of pyridine rings is 1. The summed E-state index contributed by atoms with van der Waals surface area (Å²) in [7, 11) is 0. The Kier molecular flexibility index (Phi) is 2.99. The number of nitrogens with zero attached hydrogens (tertiary/aromatic N) is 1. The Morgan fingerprint density at radius 2 is 2.45 bits per heavy atom. The maximum atomic E-state index is 8.70.